The number of nitrogens with zero attached hydrogens (tertiary/aromatic N) is 3. The topological polar surface area (TPSA) is 21.1 Å². The average Bonchev–Trinajstić information content (AvgIpc) is 2.89. The van der Waals surface area contributed by atoms with Gasteiger partial charge in [-0.15, -0.1) is 11.6 Å². The van der Waals surface area contributed by atoms with Gasteiger partial charge >= 0.3 is 0 Å². The van der Waals surface area contributed by atoms with E-state index >= 15 is 0 Å². The summed E-state index contributed by atoms with van der Waals surface area (Å²) in [6.45, 7) is 2.78. The van der Waals surface area contributed by atoms with Crippen LogP contribution in [-0.4, -0.2) is 16.3 Å². The molecule has 0 saturated heterocycles. The highest BCUT2D eigenvalue weighted by Gasteiger charge is 2.26. The molecule has 0 atom stereocenters. The second-order valence-electron chi connectivity index (χ2n) is 4.82. The molecule has 2 heterocycles. The van der Waals surface area contributed by atoms with Crippen molar-refractivity contribution >= 4 is 23.1 Å². The monoisotopic (exact) mass is 279 g/mol. The summed E-state index contributed by atoms with van der Waals surface area (Å²) in [7, 11) is 1.90. The standard InChI is InChI=1S/C14H15ClFN3/c1-9-12(8-15)14(18(2)17-9)19-6-5-10-3-4-11(16)7-13(10)19/h3-4,7H,5-6,8H2,1-2H3. The van der Waals surface area contributed by atoms with Crippen molar-refractivity contribution in [3.05, 3.63) is 40.8 Å². The number of benzene rings is 1. The maximum atomic E-state index is 13.5. The smallest absolute Gasteiger partial charge is 0.135 e. The third-order valence-corrected chi connectivity index (χ3v) is 3.91. The molecule has 0 amide bonds. The number of aromatic nitrogens is 2. The summed E-state index contributed by atoms with van der Waals surface area (Å²) in [5.74, 6) is 1.17. The Morgan fingerprint density at radius 1 is 1.42 bits per heavy atom. The molecule has 0 radical (unpaired) electrons. The molecule has 0 spiro atoms. The zero-order valence-electron chi connectivity index (χ0n) is 11.0. The van der Waals surface area contributed by atoms with E-state index < -0.39 is 0 Å². The molecule has 19 heavy (non-hydrogen) atoms. The first-order chi connectivity index (χ1) is 9.11. The molecule has 0 aliphatic carbocycles. The van der Waals surface area contributed by atoms with Gasteiger partial charge in [0, 0.05) is 24.8 Å². The second-order valence-corrected chi connectivity index (χ2v) is 5.09. The van der Waals surface area contributed by atoms with Gasteiger partial charge in [0.25, 0.3) is 0 Å². The minimum Gasteiger partial charge on any atom is -0.326 e. The van der Waals surface area contributed by atoms with Crippen molar-refractivity contribution in [2.45, 2.75) is 19.2 Å². The van der Waals surface area contributed by atoms with E-state index in [1.54, 1.807) is 6.07 Å². The van der Waals surface area contributed by atoms with E-state index in [0.717, 1.165) is 35.7 Å². The number of alkyl halides is 1. The van der Waals surface area contributed by atoms with E-state index in [-0.39, 0.29) is 5.82 Å². The molecule has 5 heteroatoms. The maximum absolute atomic E-state index is 13.5. The normalized spacial score (nSPS) is 14.0. The lowest BCUT2D eigenvalue weighted by molar-refractivity contribution is 0.627. The summed E-state index contributed by atoms with van der Waals surface area (Å²) in [6.07, 6.45) is 0.918. The number of aryl methyl sites for hydroxylation is 2. The number of rotatable bonds is 2. The van der Waals surface area contributed by atoms with Gasteiger partial charge in [0.1, 0.15) is 11.6 Å². The molecule has 1 aliphatic heterocycles. The highest BCUT2D eigenvalue weighted by atomic mass is 35.5. The van der Waals surface area contributed by atoms with Gasteiger partial charge in [0.05, 0.1) is 11.6 Å². The van der Waals surface area contributed by atoms with Crippen molar-refractivity contribution in [2.75, 3.05) is 11.4 Å². The highest BCUT2D eigenvalue weighted by molar-refractivity contribution is 6.17. The van der Waals surface area contributed by atoms with Gasteiger partial charge < -0.3 is 4.90 Å². The van der Waals surface area contributed by atoms with E-state index in [9.17, 15) is 4.39 Å². The molecule has 0 bridgehead atoms. The predicted octanol–water partition coefficient (Wildman–Crippen LogP) is 3.30. The summed E-state index contributed by atoms with van der Waals surface area (Å²) in [5.41, 5.74) is 4.04. The lowest BCUT2D eigenvalue weighted by Gasteiger charge is -2.21. The largest absolute Gasteiger partial charge is 0.326 e. The van der Waals surface area contributed by atoms with Gasteiger partial charge in [0.2, 0.25) is 0 Å². The predicted molar refractivity (Wildman–Crippen MR) is 74.6 cm³/mol. The Hall–Kier alpha value is -1.55. The van der Waals surface area contributed by atoms with E-state index in [1.807, 2.05) is 24.7 Å². The molecule has 3 rings (SSSR count). The van der Waals surface area contributed by atoms with E-state index in [4.69, 9.17) is 11.6 Å². The molecular formula is C14H15ClFN3. The van der Waals surface area contributed by atoms with Crippen LogP contribution in [0.4, 0.5) is 15.9 Å². The Balaban J connectivity index is 2.14. The minimum atomic E-state index is -0.211. The first-order valence-corrected chi connectivity index (χ1v) is 6.79. The van der Waals surface area contributed by atoms with Gasteiger partial charge in [-0.05, 0) is 31.0 Å². The quantitative estimate of drug-likeness (QED) is 0.787. The van der Waals surface area contributed by atoms with Gasteiger partial charge in [-0.25, -0.2) is 4.39 Å². The van der Waals surface area contributed by atoms with E-state index in [2.05, 4.69) is 10.00 Å². The summed E-state index contributed by atoms with van der Waals surface area (Å²) in [4.78, 5) is 2.11. The van der Waals surface area contributed by atoms with Crippen LogP contribution in [0.5, 0.6) is 0 Å². The van der Waals surface area contributed by atoms with Crippen molar-refractivity contribution in [2.24, 2.45) is 7.05 Å². The molecular weight excluding hydrogens is 265 g/mol. The zero-order valence-corrected chi connectivity index (χ0v) is 11.7. The lowest BCUT2D eigenvalue weighted by atomic mass is 10.1. The molecule has 1 aromatic carbocycles. The summed E-state index contributed by atoms with van der Waals surface area (Å²) in [6, 6.07) is 4.95. The number of halogens is 2. The number of hydrogen-bond acceptors (Lipinski definition) is 2. The molecule has 100 valence electrons. The van der Waals surface area contributed by atoms with Gasteiger partial charge in [-0.1, -0.05) is 6.07 Å². The van der Waals surface area contributed by atoms with Crippen molar-refractivity contribution in [3.63, 3.8) is 0 Å². The van der Waals surface area contributed by atoms with Crippen LogP contribution in [0, 0.1) is 12.7 Å². The Bertz CT molecular complexity index is 636. The second kappa shape index (κ2) is 4.53. The fourth-order valence-electron chi connectivity index (χ4n) is 2.76. The molecule has 3 nitrogen and oxygen atoms in total. The van der Waals surface area contributed by atoms with Crippen molar-refractivity contribution in [3.8, 4) is 0 Å². The van der Waals surface area contributed by atoms with Crippen LogP contribution >= 0.6 is 11.6 Å². The van der Waals surface area contributed by atoms with Crippen LogP contribution in [-0.2, 0) is 19.3 Å². The van der Waals surface area contributed by atoms with Crippen LogP contribution in [0.25, 0.3) is 0 Å². The van der Waals surface area contributed by atoms with Crippen LogP contribution in [0.2, 0.25) is 0 Å². The number of hydrogen-bond donors (Lipinski definition) is 0. The zero-order chi connectivity index (χ0) is 13.6. The van der Waals surface area contributed by atoms with Crippen LogP contribution in [0.3, 0.4) is 0 Å². The number of fused-ring (bicyclic) bond motifs is 1. The van der Waals surface area contributed by atoms with Crippen LogP contribution in [0.1, 0.15) is 16.8 Å². The molecule has 2 aromatic rings. The van der Waals surface area contributed by atoms with Crippen molar-refractivity contribution < 1.29 is 4.39 Å². The summed E-state index contributed by atoms with van der Waals surface area (Å²) < 4.78 is 15.3. The lowest BCUT2D eigenvalue weighted by Crippen LogP contribution is -2.18. The van der Waals surface area contributed by atoms with E-state index in [0.29, 0.717) is 5.88 Å². The van der Waals surface area contributed by atoms with Gasteiger partial charge in [0.15, 0.2) is 0 Å². The first-order valence-electron chi connectivity index (χ1n) is 6.26. The Morgan fingerprint density at radius 2 is 2.21 bits per heavy atom. The molecule has 0 unspecified atom stereocenters. The maximum Gasteiger partial charge on any atom is 0.135 e. The molecule has 0 N–H and O–H groups in total. The first kappa shape index (κ1) is 12.5. The van der Waals surface area contributed by atoms with Crippen LogP contribution in [0.15, 0.2) is 18.2 Å². The minimum absolute atomic E-state index is 0.211. The Labute approximate surface area is 116 Å². The molecule has 0 fully saturated rings. The fraction of sp³-hybridized carbons (Fsp3) is 0.357. The van der Waals surface area contributed by atoms with Gasteiger partial charge in [-0.2, -0.15) is 5.10 Å². The van der Waals surface area contributed by atoms with Crippen LogP contribution < -0.4 is 4.90 Å². The Morgan fingerprint density at radius 3 is 2.95 bits per heavy atom. The van der Waals surface area contributed by atoms with E-state index in [1.165, 1.54) is 11.6 Å². The molecule has 1 aromatic heterocycles. The van der Waals surface area contributed by atoms with Gasteiger partial charge in [-0.3, -0.25) is 4.68 Å². The highest BCUT2D eigenvalue weighted by Crippen LogP contribution is 2.37. The fourth-order valence-corrected chi connectivity index (χ4v) is 3.07. The van der Waals surface area contributed by atoms with Crippen molar-refractivity contribution in [1.82, 2.24) is 9.78 Å². The third kappa shape index (κ3) is 1.91. The number of anilines is 2. The Kier molecular flexibility index (Phi) is 2.97. The third-order valence-electron chi connectivity index (χ3n) is 3.65. The van der Waals surface area contributed by atoms with Crippen molar-refractivity contribution in [1.29, 1.82) is 0 Å². The average molecular weight is 280 g/mol. The molecule has 0 saturated carbocycles. The summed E-state index contributed by atoms with van der Waals surface area (Å²) in [5, 5.41) is 4.42. The SMILES string of the molecule is Cc1nn(C)c(N2CCc3ccc(F)cc32)c1CCl. The summed E-state index contributed by atoms with van der Waals surface area (Å²) >= 11 is 6.03. The molecule has 1 aliphatic rings.